The Labute approximate surface area is 108 Å². The molecule has 2 heterocycles. The molecule has 1 fully saturated rings. The van der Waals surface area contributed by atoms with Gasteiger partial charge >= 0.3 is 11.7 Å². The minimum Gasteiger partial charge on any atom is -0.479 e. The lowest BCUT2D eigenvalue weighted by Gasteiger charge is -2.12. The second-order valence-corrected chi connectivity index (χ2v) is 4.17. The van der Waals surface area contributed by atoms with Crippen molar-refractivity contribution in [1.82, 2.24) is 4.98 Å². The van der Waals surface area contributed by atoms with Crippen LogP contribution in [-0.4, -0.2) is 39.7 Å². The van der Waals surface area contributed by atoms with Crippen molar-refractivity contribution in [3.8, 4) is 0 Å². The molecule has 0 radical (unpaired) electrons. The first kappa shape index (κ1) is 13.2. The Balaban J connectivity index is 1.93. The highest BCUT2D eigenvalue weighted by molar-refractivity contribution is 5.72. The largest absolute Gasteiger partial charge is 0.479 e. The highest BCUT2D eigenvalue weighted by Crippen LogP contribution is 2.23. The number of rotatable bonds is 5. The maximum Gasteiger partial charge on any atom is 0.332 e. The van der Waals surface area contributed by atoms with Gasteiger partial charge in [0, 0.05) is 18.8 Å². The predicted molar refractivity (Wildman–Crippen MR) is 64.9 cm³/mol. The number of ether oxygens (including phenoxy) is 1. The molecule has 102 valence electrons. The van der Waals surface area contributed by atoms with Gasteiger partial charge in [0.1, 0.15) is 0 Å². The molecular weight excluding hydrogens is 254 g/mol. The number of pyridine rings is 1. The van der Waals surface area contributed by atoms with Crippen LogP contribution in [0.5, 0.6) is 0 Å². The van der Waals surface area contributed by atoms with Gasteiger partial charge in [-0.15, -0.1) is 0 Å². The summed E-state index contributed by atoms with van der Waals surface area (Å²) in [4.78, 5) is 24.9. The van der Waals surface area contributed by atoms with Crippen molar-refractivity contribution in [3.05, 3.63) is 28.4 Å². The van der Waals surface area contributed by atoms with E-state index in [9.17, 15) is 14.9 Å². The number of nitro groups is 1. The number of aromatic nitrogens is 1. The molecule has 2 atom stereocenters. The van der Waals surface area contributed by atoms with Gasteiger partial charge in [-0.25, -0.2) is 9.78 Å². The first-order chi connectivity index (χ1) is 9.08. The molecule has 0 amide bonds. The van der Waals surface area contributed by atoms with Crippen LogP contribution in [0.15, 0.2) is 18.3 Å². The first-order valence-corrected chi connectivity index (χ1v) is 5.79. The van der Waals surface area contributed by atoms with Crippen LogP contribution in [0.3, 0.4) is 0 Å². The molecule has 8 heteroatoms. The van der Waals surface area contributed by atoms with Crippen molar-refractivity contribution in [2.24, 2.45) is 0 Å². The van der Waals surface area contributed by atoms with E-state index in [2.05, 4.69) is 10.3 Å². The summed E-state index contributed by atoms with van der Waals surface area (Å²) in [6.45, 7) is 0.293. The van der Waals surface area contributed by atoms with Crippen LogP contribution in [0.2, 0.25) is 0 Å². The summed E-state index contributed by atoms with van der Waals surface area (Å²) in [5.74, 6) is -0.818. The van der Waals surface area contributed by atoms with E-state index >= 15 is 0 Å². The van der Waals surface area contributed by atoms with E-state index in [0.29, 0.717) is 19.4 Å². The minimum atomic E-state index is -0.980. The predicted octanol–water partition coefficient (Wildman–Crippen LogP) is 1.03. The number of nitrogens with zero attached hydrogens (tertiary/aromatic N) is 2. The molecular formula is C11H13N3O5. The van der Waals surface area contributed by atoms with E-state index in [-0.39, 0.29) is 17.6 Å². The molecule has 19 heavy (non-hydrogen) atoms. The van der Waals surface area contributed by atoms with E-state index in [4.69, 9.17) is 9.84 Å². The first-order valence-electron chi connectivity index (χ1n) is 5.79. The molecule has 0 aromatic carbocycles. The third-order valence-corrected chi connectivity index (χ3v) is 2.86. The number of hydrogen-bond acceptors (Lipinski definition) is 6. The zero-order chi connectivity index (χ0) is 13.8. The lowest BCUT2D eigenvalue weighted by molar-refractivity contribution is -0.384. The number of aliphatic carboxylic acids is 1. The standard InChI is InChI=1S/C11H13N3O5/c15-11(16)9-4-3-7(19-9)6-13-10-8(14(17)18)2-1-5-12-10/h1-2,5,7,9H,3-4,6H2,(H,12,13)(H,15,16). The van der Waals surface area contributed by atoms with Crippen LogP contribution in [0.1, 0.15) is 12.8 Å². The molecule has 1 saturated heterocycles. The second-order valence-electron chi connectivity index (χ2n) is 4.17. The number of anilines is 1. The molecule has 0 bridgehead atoms. The summed E-state index contributed by atoms with van der Waals surface area (Å²) >= 11 is 0. The van der Waals surface area contributed by atoms with Gasteiger partial charge in [0.15, 0.2) is 6.10 Å². The molecule has 2 N–H and O–H groups in total. The molecule has 0 aliphatic carbocycles. The van der Waals surface area contributed by atoms with Gasteiger partial charge in [-0.05, 0) is 18.9 Å². The van der Waals surface area contributed by atoms with Gasteiger partial charge in [-0.1, -0.05) is 0 Å². The summed E-state index contributed by atoms with van der Waals surface area (Å²) in [5.41, 5.74) is -0.115. The molecule has 0 saturated carbocycles. The number of carboxylic acids is 1. The monoisotopic (exact) mass is 267 g/mol. The van der Waals surface area contributed by atoms with Crippen LogP contribution in [0.4, 0.5) is 11.5 Å². The molecule has 1 aliphatic rings. The molecule has 1 aliphatic heterocycles. The third-order valence-electron chi connectivity index (χ3n) is 2.86. The van der Waals surface area contributed by atoms with Gasteiger partial charge in [0.2, 0.25) is 5.82 Å². The van der Waals surface area contributed by atoms with Crippen molar-refractivity contribution in [2.75, 3.05) is 11.9 Å². The van der Waals surface area contributed by atoms with Gasteiger partial charge < -0.3 is 15.2 Å². The summed E-state index contributed by atoms with van der Waals surface area (Å²) < 4.78 is 5.29. The van der Waals surface area contributed by atoms with Crippen LogP contribution < -0.4 is 5.32 Å². The Morgan fingerprint density at radius 1 is 1.63 bits per heavy atom. The molecule has 1 aromatic heterocycles. The van der Waals surface area contributed by atoms with Gasteiger partial charge in [0.25, 0.3) is 0 Å². The molecule has 1 aromatic rings. The Hall–Kier alpha value is -2.22. The Morgan fingerprint density at radius 2 is 2.42 bits per heavy atom. The average molecular weight is 267 g/mol. The van der Waals surface area contributed by atoms with Gasteiger partial charge in [0.05, 0.1) is 11.0 Å². The van der Waals surface area contributed by atoms with Gasteiger partial charge in [-0.2, -0.15) is 0 Å². The zero-order valence-corrected chi connectivity index (χ0v) is 9.98. The Kier molecular flexibility index (Phi) is 3.91. The van der Waals surface area contributed by atoms with Crippen molar-refractivity contribution >= 4 is 17.5 Å². The molecule has 8 nitrogen and oxygen atoms in total. The van der Waals surface area contributed by atoms with E-state index in [0.717, 1.165) is 0 Å². The summed E-state index contributed by atoms with van der Waals surface area (Å²) in [6, 6.07) is 2.83. The summed E-state index contributed by atoms with van der Waals surface area (Å²) in [6.07, 6.45) is 1.44. The summed E-state index contributed by atoms with van der Waals surface area (Å²) in [5, 5.41) is 22.4. The van der Waals surface area contributed by atoms with Crippen molar-refractivity contribution in [1.29, 1.82) is 0 Å². The Bertz CT molecular complexity index is 493. The summed E-state index contributed by atoms with van der Waals surface area (Å²) in [7, 11) is 0. The molecule has 0 spiro atoms. The Morgan fingerprint density at radius 3 is 3.05 bits per heavy atom. The van der Waals surface area contributed by atoms with Crippen molar-refractivity contribution < 1.29 is 19.6 Å². The van der Waals surface area contributed by atoms with E-state index in [1.807, 2.05) is 0 Å². The topological polar surface area (TPSA) is 115 Å². The van der Waals surface area contributed by atoms with Crippen molar-refractivity contribution in [2.45, 2.75) is 25.0 Å². The maximum absolute atomic E-state index is 10.8. The second kappa shape index (κ2) is 5.61. The smallest absolute Gasteiger partial charge is 0.332 e. The normalized spacial score (nSPS) is 22.1. The number of carboxylic acid groups (broad SMARTS) is 1. The fourth-order valence-corrected chi connectivity index (χ4v) is 1.93. The maximum atomic E-state index is 10.8. The number of nitrogens with one attached hydrogen (secondary N) is 1. The van der Waals surface area contributed by atoms with Crippen LogP contribution in [0, 0.1) is 10.1 Å². The minimum absolute atomic E-state index is 0.115. The highest BCUT2D eigenvalue weighted by atomic mass is 16.6. The van der Waals surface area contributed by atoms with Gasteiger partial charge in [-0.3, -0.25) is 10.1 Å². The van der Waals surface area contributed by atoms with E-state index < -0.39 is 17.0 Å². The van der Waals surface area contributed by atoms with Crippen LogP contribution in [0.25, 0.3) is 0 Å². The van der Waals surface area contributed by atoms with Crippen LogP contribution in [-0.2, 0) is 9.53 Å². The lowest BCUT2D eigenvalue weighted by Crippen LogP contribution is -2.24. The van der Waals surface area contributed by atoms with Crippen LogP contribution >= 0.6 is 0 Å². The van der Waals surface area contributed by atoms with E-state index in [1.165, 1.54) is 18.3 Å². The number of hydrogen-bond donors (Lipinski definition) is 2. The quantitative estimate of drug-likeness (QED) is 0.604. The highest BCUT2D eigenvalue weighted by Gasteiger charge is 2.30. The third kappa shape index (κ3) is 3.16. The fraction of sp³-hybridized carbons (Fsp3) is 0.455. The zero-order valence-electron chi connectivity index (χ0n) is 9.98. The molecule has 2 rings (SSSR count). The number of carbonyl (C=O) groups is 1. The lowest BCUT2D eigenvalue weighted by atomic mass is 10.2. The molecule has 2 unspecified atom stereocenters. The SMILES string of the molecule is O=C(O)C1CCC(CNc2ncccc2[N+](=O)[O-])O1. The average Bonchev–Trinajstić information content (AvgIpc) is 2.85. The van der Waals surface area contributed by atoms with E-state index in [1.54, 1.807) is 0 Å². The fourth-order valence-electron chi connectivity index (χ4n) is 1.93. The van der Waals surface area contributed by atoms with Crippen molar-refractivity contribution in [3.63, 3.8) is 0 Å².